The van der Waals surface area contributed by atoms with Crippen molar-refractivity contribution in [1.82, 2.24) is 15.2 Å². The zero-order valence-corrected chi connectivity index (χ0v) is 20.2. The fourth-order valence-corrected chi connectivity index (χ4v) is 4.76. The van der Waals surface area contributed by atoms with Crippen LogP contribution in [0.15, 0.2) is 54.7 Å². The van der Waals surface area contributed by atoms with Crippen LogP contribution >= 0.6 is 11.6 Å². The number of nitrogens with zero attached hydrogens (tertiary/aromatic N) is 1. The SMILES string of the molecule is CS(=O)(=O)OCC1CCN(C(=O)[C@H](NC(=O)c2ccc3c(Cl)c[nH]c3c2)c2ccccc2)CC1. The molecule has 180 valence electrons. The molecule has 0 saturated carbocycles. The summed E-state index contributed by atoms with van der Waals surface area (Å²) in [6, 6.07) is 13.4. The molecule has 1 fully saturated rings. The molecule has 1 atom stereocenters. The Bertz CT molecular complexity index is 1280. The molecule has 8 nitrogen and oxygen atoms in total. The van der Waals surface area contributed by atoms with E-state index in [0.717, 1.165) is 17.2 Å². The molecular formula is C24H26ClN3O5S. The van der Waals surface area contributed by atoms with Crippen LogP contribution in [0.2, 0.25) is 5.02 Å². The van der Waals surface area contributed by atoms with Crippen LogP contribution in [0, 0.1) is 5.92 Å². The average molecular weight is 504 g/mol. The molecule has 10 heteroatoms. The minimum Gasteiger partial charge on any atom is -0.360 e. The van der Waals surface area contributed by atoms with Crippen molar-refractivity contribution >= 4 is 44.4 Å². The summed E-state index contributed by atoms with van der Waals surface area (Å²) in [6.45, 7) is 1.04. The van der Waals surface area contributed by atoms with Crippen LogP contribution in [0.5, 0.6) is 0 Å². The van der Waals surface area contributed by atoms with Crippen LogP contribution in [0.1, 0.15) is 34.8 Å². The molecule has 2 amide bonds. The van der Waals surface area contributed by atoms with Crippen LogP contribution in [0.4, 0.5) is 0 Å². The molecule has 1 aromatic heterocycles. The molecule has 0 aliphatic carbocycles. The zero-order valence-electron chi connectivity index (χ0n) is 18.7. The largest absolute Gasteiger partial charge is 0.360 e. The van der Waals surface area contributed by atoms with E-state index in [9.17, 15) is 18.0 Å². The van der Waals surface area contributed by atoms with Gasteiger partial charge in [0.2, 0.25) is 5.91 Å². The molecule has 0 radical (unpaired) electrons. The minimum absolute atomic E-state index is 0.0582. The highest BCUT2D eigenvalue weighted by Crippen LogP contribution is 2.25. The number of nitrogens with one attached hydrogen (secondary N) is 2. The maximum atomic E-state index is 13.5. The van der Waals surface area contributed by atoms with Crippen molar-refractivity contribution in [1.29, 1.82) is 0 Å². The molecule has 4 rings (SSSR count). The zero-order chi connectivity index (χ0) is 24.3. The first kappa shape index (κ1) is 24.3. The van der Waals surface area contributed by atoms with E-state index in [4.69, 9.17) is 15.8 Å². The summed E-state index contributed by atoms with van der Waals surface area (Å²) in [5, 5.41) is 4.28. The number of carbonyl (C=O) groups excluding carboxylic acids is 2. The third kappa shape index (κ3) is 5.78. The Hall–Kier alpha value is -2.88. The van der Waals surface area contributed by atoms with E-state index < -0.39 is 16.2 Å². The highest BCUT2D eigenvalue weighted by Gasteiger charge is 2.31. The number of hydrogen-bond donors (Lipinski definition) is 2. The fourth-order valence-electron chi connectivity index (χ4n) is 4.10. The minimum atomic E-state index is -3.49. The lowest BCUT2D eigenvalue weighted by molar-refractivity contribution is -0.135. The monoisotopic (exact) mass is 503 g/mol. The summed E-state index contributed by atoms with van der Waals surface area (Å²) in [6.07, 6.45) is 3.94. The average Bonchev–Trinajstić information content (AvgIpc) is 3.21. The van der Waals surface area contributed by atoms with Crippen molar-refractivity contribution in [2.24, 2.45) is 5.92 Å². The number of piperidine rings is 1. The van der Waals surface area contributed by atoms with Gasteiger partial charge in [-0.25, -0.2) is 0 Å². The van der Waals surface area contributed by atoms with Crippen molar-refractivity contribution in [3.05, 3.63) is 70.9 Å². The molecule has 0 spiro atoms. The van der Waals surface area contributed by atoms with Gasteiger partial charge in [-0.3, -0.25) is 13.8 Å². The number of H-pyrrole nitrogens is 1. The van der Waals surface area contributed by atoms with Crippen LogP contribution in [-0.4, -0.2) is 56.1 Å². The van der Waals surface area contributed by atoms with Crippen LogP contribution in [-0.2, 0) is 19.1 Å². The maximum absolute atomic E-state index is 13.5. The summed E-state index contributed by atoms with van der Waals surface area (Å²) >= 11 is 6.13. The van der Waals surface area contributed by atoms with Crippen molar-refractivity contribution in [3.8, 4) is 0 Å². The number of aromatic amines is 1. The number of carbonyl (C=O) groups is 2. The Morgan fingerprint density at radius 1 is 1.18 bits per heavy atom. The first-order valence-corrected chi connectivity index (χ1v) is 13.2. The number of amides is 2. The highest BCUT2D eigenvalue weighted by atomic mass is 35.5. The normalized spacial score (nSPS) is 15.9. The summed E-state index contributed by atoms with van der Waals surface area (Å²) in [5.74, 6) is -0.514. The molecule has 2 aromatic carbocycles. The smallest absolute Gasteiger partial charge is 0.264 e. The van der Waals surface area contributed by atoms with Crippen molar-refractivity contribution in [2.45, 2.75) is 18.9 Å². The van der Waals surface area contributed by atoms with Crippen LogP contribution in [0.25, 0.3) is 10.9 Å². The van der Waals surface area contributed by atoms with Crippen LogP contribution < -0.4 is 5.32 Å². The predicted molar refractivity (Wildman–Crippen MR) is 130 cm³/mol. The number of hydrogen-bond acceptors (Lipinski definition) is 5. The van der Waals surface area contributed by atoms with Crippen molar-refractivity contribution < 1.29 is 22.2 Å². The van der Waals surface area contributed by atoms with Gasteiger partial charge < -0.3 is 15.2 Å². The topological polar surface area (TPSA) is 109 Å². The molecule has 2 heterocycles. The summed E-state index contributed by atoms with van der Waals surface area (Å²) in [4.78, 5) is 31.3. The Kier molecular flexibility index (Phi) is 7.25. The molecule has 34 heavy (non-hydrogen) atoms. The molecular weight excluding hydrogens is 478 g/mol. The van der Waals surface area contributed by atoms with E-state index >= 15 is 0 Å². The van der Waals surface area contributed by atoms with Crippen molar-refractivity contribution in [3.63, 3.8) is 0 Å². The Morgan fingerprint density at radius 2 is 1.88 bits per heavy atom. The number of halogens is 1. The van der Waals surface area contributed by atoms with Gasteiger partial charge in [0, 0.05) is 35.8 Å². The third-order valence-electron chi connectivity index (χ3n) is 5.99. The number of aromatic nitrogens is 1. The van der Waals surface area contributed by atoms with E-state index in [1.165, 1.54) is 0 Å². The third-order valence-corrected chi connectivity index (χ3v) is 6.87. The van der Waals surface area contributed by atoms with E-state index in [1.807, 2.05) is 30.3 Å². The van der Waals surface area contributed by atoms with Gasteiger partial charge in [-0.2, -0.15) is 8.42 Å². The lowest BCUT2D eigenvalue weighted by Gasteiger charge is -2.34. The molecule has 3 aromatic rings. The number of likely N-dealkylation sites (tertiary alicyclic amines) is 1. The van der Waals surface area contributed by atoms with Crippen LogP contribution in [0.3, 0.4) is 0 Å². The number of benzene rings is 2. The Morgan fingerprint density at radius 3 is 2.56 bits per heavy atom. The lowest BCUT2D eigenvalue weighted by Crippen LogP contribution is -2.46. The summed E-state index contributed by atoms with van der Waals surface area (Å²) < 4.78 is 27.4. The first-order chi connectivity index (χ1) is 16.2. The van der Waals surface area contributed by atoms with Crippen molar-refractivity contribution in [2.75, 3.05) is 26.0 Å². The molecule has 0 bridgehead atoms. The van der Waals surface area contributed by atoms with Gasteiger partial charge in [0.25, 0.3) is 16.0 Å². The van der Waals surface area contributed by atoms with E-state index in [1.54, 1.807) is 29.3 Å². The second-order valence-electron chi connectivity index (χ2n) is 8.47. The van der Waals surface area contributed by atoms with Gasteiger partial charge in [0.05, 0.1) is 17.9 Å². The van der Waals surface area contributed by atoms with Gasteiger partial charge in [-0.05, 0) is 36.5 Å². The quantitative estimate of drug-likeness (QED) is 0.480. The molecule has 1 aliphatic heterocycles. The summed E-state index contributed by atoms with van der Waals surface area (Å²) in [7, 11) is -3.49. The molecule has 1 aliphatic rings. The van der Waals surface area contributed by atoms with Gasteiger partial charge in [0.15, 0.2) is 0 Å². The van der Waals surface area contributed by atoms with E-state index in [0.29, 0.717) is 42.1 Å². The summed E-state index contributed by atoms with van der Waals surface area (Å²) in [5.41, 5.74) is 1.84. The Balaban J connectivity index is 1.48. The van der Waals surface area contributed by atoms with Gasteiger partial charge in [-0.15, -0.1) is 0 Å². The molecule has 2 N–H and O–H groups in total. The predicted octanol–water partition coefficient (Wildman–Crippen LogP) is 3.51. The van der Waals surface area contributed by atoms with E-state index in [-0.39, 0.29) is 24.3 Å². The Labute approximate surface area is 203 Å². The van der Waals surface area contributed by atoms with Gasteiger partial charge in [0.1, 0.15) is 6.04 Å². The first-order valence-electron chi connectivity index (χ1n) is 11.0. The standard InChI is InChI=1S/C24H26ClN3O5S/c1-34(31,32)33-15-16-9-11-28(12-10-16)24(30)22(17-5-3-2-4-6-17)27-23(29)18-7-8-19-20(25)14-26-21(19)13-18/h2-8,13-14,16,22,26H,9-12,15H2,1H3,(H,27,29)/t22-/m1/s1. The lowest BCUT2D eigenvalue weighted by atomic mass is 9.96. The highest BCUT2D eigenvalue weighted by molar-refractivity contribution is 7.85. The second-order valence-corrected chi connectivity index (χ2v) is 10.5. The van der Waals surface area contributed by atoms with E-state index in [2.05, 4.69) is 10.3 Å². The van der Waals surface area contributed by atoms with Gasteiger partial charge >= 0.3 is 0 Å². The number of rotatable bonds is 7. The maximum Gasteiger partial charge on any atom is 0.264 e. The number of fused-ring (bicyclic) bond motifs is 1. The fraction of sp³-hybridized carbons (Fsp3) is 0.333. The molecule has 1 saturated heterocycles. The second kappa shape index (κ2) is 10.2. The van der Waals surface area contributed by atoms with Gasteiger partial charge in [-0.1, -0.05) is 48.0 Å². The molecule has 0 unspecified atom stereocenters.